The molecule has 2 rings (SSSR count). The normalized spacial score (nSPS) is 12.2. The van der Waals surface area contributed by atoms with Crippen molar-refractivity contribution in [1.82, 2.24) is 10.3 Å². The van der Waals surface area contributed by atoms with Gasteiger partial charge in [-0.15, -0.1) is 11.3 Å². The van der Waals surface area contributed by atoms with Crippen molar-refractivity contribution in [3.8, 4) is 0 Å². The van der Waals surface area contributed by atoms with Crippen molar-refractivity contribution in [1.29, 1.82) is 0 Å². The summed E-state index contributed by atoms with van der Waals surface area (Å²) in [6, 6.07) is 4.69. The molecule has 4 nitrogen and oxygen atoms in total. The van der Waals surface area contributed by atoms with E-state index in [1.807, 2.05) is 13.1 Å². The summed E-state index contributed by atoms with van der Waals surface area (Å²) in [5.74, 6) is -0.222. The van der Waals surface area contributed by atoms with Crippen LogP contribution in [0.2, 0.25) is 5.02 Å². The number of hydrogen-bond acceptors (Lipinski definition) is 4. The summed E-state index contributed by atoms with van der Waals surface area (Å²) in [7, 11) is 0. The Bertz CT molecular complexity index is 627. The van der Waals surface area contributed by atoms with Gasteiger partial charge >= 0.3 is 0 Å². The van der Waals surface area contributed by atoms with Crippen LogP contribution in [0.25, 0.3) is 0 Å². The molecule has 0 aliphatic heterocycles. The second-order valence-corrected chi connectivity index (χ2v) is 6.03. The molecule has 1 amide bonds. The van der Waals surface area contributed by atoms with Gasteiger partial charge in [0.1, 0.15) is 5.01 Å². The van der Waals surface area contributed by atoms with E-state index in [0.717, 1.165) is 11.4 Å². The summed E-state index contributed by atoms with van der Waals surface area (Å²) < 4.78 is 0. The SMILES string of the molecule is CCc1cnc(C(C)NC(=O)c2ccc(Cl)cc2N)s1. The molecule has 1 aromatic carbocycles. The lowest BCUT2D eigenvalue weighted by Crippen LogP contribution is -2.27. The largest absolute Gasteiger partial charge is 0.398 e. The van der Waals surface area contributed by atoms with Crippen molar-refractivity contribution in [3.63, 3.8) is 0 Å². The maximum absolute atomic E-state index is 12.2. The van der Waals surface area contributed by atoms with E-state index in [-0.39, 0.29) is 11.9 Å². The zero-order chi connectivity index (χ0) is 14.7. The standard InChI is InChI=1S/C14H16ClN3OS/c1-3-10-7-17-14(20-10)8(2)18-13(19)11-5-4-9(15)6-12(11)16/h4-8H,3,16H2,1-2H3,(H,18,19). The predicted molar refractivity (Wildman–Crippen MR) is 83.2 cm³/mol. The topological polar surface area (TPSA) is 68.0 Å². The highest BCUT2D eigenvalue weighted by Gasteiger charge is 2.16. The molecule has 0 aliphatic rings. The molecule has 6 heteroatoms. The zero-order valence-electron chi connectivity index (χ0n) is 11.3. The molecule has 1 aromatic heterocycles. The number of hydrogen-bond donors (Lipinski definition) is 2. The molecule has 0 fully saturated rings. The molecule has 0 bridgehead atoms. The average Bonchev–Trinajstić information content (AvgIpc) is 2.87. The lowest BCUT2D eigenvalue weighted by molar-refractivity contribution is 0.0940. The van der Waals surface area contributed by atoms with Crippen LogP contribution in [0.3, 0.4) is 0 Å². The van der Waals surface area contributed by atoms with Crippen molar-refractivity contribution in [3.05, 3.63) is 44.9 Å². The molecule has 1 heterocycles. The van der Waals surface area contributed by atoms with Gasteiger partial charge in [-0.3, -0.25) is 4.79 Å². The van der Waals surface area contributed by atoms with E-state index in [0.29, 0.717) is 16.3 Å². The molecule has 0 saturated carbocycles. The number of carbonyl (C=O) groups is 1. The van der Waals surface area contributed by atoms with E-state index in [2.05, 4.69) is 17.2 Å². The van der Waals surface area contributed by atoms with Crippen LogP contribution in [0.1, 0.15) is 40.1 Å². The van der Waals surface area contributed by atoms with Crippen molar-refractivity contribution >= 4 is 34.5 Å². The number of nitrogens with one attached hydrogen (secondary N) is 1. The van der Waals surface area contributed by atoms with Crippen molar-refractivity contribution in [2.24, 2.45) is 0 Å². The molecule has 0 aliphatic carbocycles. The molecule has 1 atom stereocenters. The van der Waals surface area contributed by atoms with Crippen LogP contribution >= 0.6 is 22.9 Å². The lowest BCUT2D eigenvalue weighted by atomic mass is 10.1. The van der Waals surface area contributed by atoms with E-state index >= 15 is 0 Å². The number of aromatic nitrogens is 1. The Hall–Kier alpha value is -1.59. The lowest BCUT2D eigenvalue weighted by Gasteiger charge is -2.12. The first kappa shape index (κ1) is 14.8. The number of benzene rings is 1. The van der Waals surface area contributed by atoms with Gasteiger partial charge in [-0.1, -0.05) is 18.5 Å². The second kappa shape index (κ2) is 6.24. The van der Waals surface area contributed by atoms with Gasteiger partial charge in [0.15, 0.2) is 0 Å². The Morgan fingerprint density at radius 1 is 1.55 bits per heavy atom. The van der Waals surface area contributed by atoms with E-state index in [1.54, 1.807) is 29.5 Å². The van der Waals surface area contributed by atoms with Crippen LogP contribution in [0.15, 0.2) is 24.4 Å². The van der Waals surface area contributed by atoms with Gasteiger partial charge in [0.25, 0.3) is 5.91 Å². The van der Waals surface area contributed by atoms with Gasteiger partial charge in [0, 0.05) is 21.8 Å². The smallest absolute Gasteiger partial charge is 0.253 e. The van der Waals surface area contributed by atoms with Gasteiger partial charge in [0.05, 0.1) is 11.6 Å². The van der Waals surface area contributed by atoms with Gasteiger partial charge in [0.2, 0.25) is 0 Å². The Morgan fingerprint density at radius 3 is 2.90 bits per heavy atom. The highest BCUT2D eigenvalue weighted by atomic mass is 35.5. The molecule has 1 unspecified atom stereocenters. The number of carbonyl (C=O) groups excluding carboxylic acids is 1. The van der Waals surface area contributed by atoms with E-state index < -0.39 is 0 Å². The Morgan fingerprint density at radius 2 is 2.30 bits per heavy atom. The van der Waals surface area contributed by atoms with Gasteiger partial charge in [-0.25, -0.2) is 4.98 Å². The molecule has 0 spiro atoms. The maximum Gasteiger partial charge on any atom is 0.253 e. The fraction of sp³-hybridized carbons (Fsp3) is 0.286. The Labute approximate surface area is 127 Å². The van der Waals surface area contributed by atoms with Crippen LogP contribution in [-0.2, 0) is 6.42 Å². The highest BCUT2D eigenvalue weighted by Crippen LogP contribution is 2.22. The number of anilines is 1. The fourth-order valence-corrected chi connectivity index (χ4v) is 2.80. The molecule has 106 valence electrons. The first-order chi connectivity index (χ1) is 9.51. The van der Waals surface area contributed by atoms with Gasteiger partial charge < -0.3 is 11.1 Å². The number of thiazole rings is 1. The second-order valence-electron chi connectivity index (χ2n) is 4.45. The maximum atomic E-state index is 12.2. The summed E-state index contributed by atoms with van der Waals surface area (Å²) in [5.41, 5.74) is 6.60. The number of rotatable bonds is 4. The predicted octanol–water partition coefficient (Wildman–Crippen LogP) is 3.43. The molecule has 0 radical (unpaired) electrons. The number of nitrogens with zero attached hydrogens (tertiary/aromatic N) is 1. The number of nitrogen functional groups attached to an aromatic ring is 1. The Balaban J connectivity index is 2.10. The quantitative estimate of drug-likeness (QED) is 0.850. The van der Waals surface area contributed by atoms with E-state index in [1.165, 1.54) is 4.88 Å². The molecule has 2 aromatic rings. The summed E-state index contributed by atoms with van der Waals surface area (Å²) in [4.78, 5) is 17.7. The third-order valence-electron chi connectivity index (χ3n) is 2.90. The number of amides is 1. The third kappa shape index (κ3) is 3.29. The minimum Gasteiger partial charge on any atom is -0.398 e. The zero-order valence-corrected chi connectivity index (χ0v) is 12.9. The van der Waals surface area contributed by atoms with Gasteiger partial charge in [-0.05, 0) is 31.5 Å². The van der Waals surface area contributed by atoms with Crippen molar-refractivity contribution in [2.75, 3.05) is 5.73 Å². The fourth-order valence-electron chi connectivity index (χ4n) is 1.76. The van der Waals surface area contributed by atoms with Gasteiger partial charge in [-0.2, -0.15) is 0 Å². The highest BCUT2D eigenvalue weighted by molar-refractivity contribution is 7.11. The van der Waals surface area contributed by atoms with Crippen molar-refractivity contribution in [2.45, 2.75) is 26.3 Å². The first-order valence-electron chi connectivity index (χ1n) is 6.31. The molecular formula is C14H16ClN3OS. The number of halogens is 1. The van der Waals surface area contributed by atoms with Crippen molar-refractivity contribution < 1.29 is 4.79 Å². The molecule has 3 N–H and O–H groups in total. The monoisotopic (exact) mass is 309 g/mol. The minimum absolute atomic E-state index is 0.150. The molecular weight excluding hydrogens is 294 g/mol. The summed E-state index contributed by atoms with van der Waals surface area (Å²) in [6.07, 6.45) is 2.79. The van der Waals surface area contributed by atoms with E-state index in [4.69, 9.17) is 17.3 Å². The van der Waals surface area contributed by atoms with Crippen LogP contribution in [0.4, 0.5) is 5.69 Å². The molecule has 20 heavy (non-hydrogen) atoms. The summed E-state index contributed by atoms with van der Waals surface area (Å²) >= 11 is 7.43. The van der Waals surface area contributed by atoms with Crippen LogP contribution in [-0.4, -0.2) is 10.9 Å². The first-order valence-corrected chi connectivity index (χ1v) is 7.51. The van der Waals surface area contributed by atoms with Crippen LogP contribution in [0, 0.1) is 0 Å². The van der Waals surface area contributed by atoms with Crippen LogP contribution < -0.4 is 11.1 Å². The summed E-state index contributed by atoms with van der Waals surface area (Å²) in [5, 5.41) is 4.30. The minimum atomic E-state index is -0.222. The Kier molecular flexibility index (Phi) is 4.62. The van der Waals surface area contributed by atoms with Crippen LogP contribution in [0.5, 0.6) is 0 Å². The van der Waals surface area contributed by atoms with E-state index in [9.17, 15) is 4.79 Å². The summed E-state index contributed by atoms with van der Waals surface area (Å²) in [6.45, 7) is 3.98. The number of aryl methyl sites for hydroxylation is 1. The third-order valence-corrected chi connectivity index (χ3v) is 4.46. The molecule has 0 saturated heterocycles. The average molecular weight is 310 g/mol. The number of nitrogens with two attached hydrogens (primary N) is 1.